The van der Waals surface area contributed by atoms with Gasteiger partial charge in [-0.2, -0.15) is 0 Å². The minimum Gasteiger partial charge on any atom is -0.496 e. The molecule has 1 aliphatic heterocycles. The number of carbonyl (C=O) groups is 1. The summed E-state index contributed by atoms with van der Waals surface area (Å²) < 4.78 is 11.8. The summed E-state index contributed by atoms with van der Waals surface area (Å²) in [4.78, 5) is 15.2. The van der Waals surface area contributed by atoms with Crippen LogP contribution in [0.25, 0.3) is 27.7 Å². The summed E-state index contributed by atoms with van der Waals surface area (Å²) in [5, 5.41) is 1.03. The van der Waals surface area contributed by atoms with Crippen molar-refractivity contribution in [3.8, 4) is 16.9 Å². The number of amides is 1. The van der Waals surface area contributed by atoms with Crippen molar-refractivity contribution in [1.82, 2.24) is 4.90 Å². The Labute approximate surface area is 219 Å². The number of piperidine rings is 1. The van der Waals surface area contributed by atoms with E-state index in [4.69, 9.17) is 9.15 Å². The van der Waals surface area contributed by atoms with E-state index in [1.54, 1.807) is 13.2 Å². The monoisotopic (exact) mass is 493 g/mol. The van der Waals surface area contributed by atoms with Crippen LogP contribution in [0.5, 0.6) is 5.75 Å². The Kier molecular flexibility index (Phi) is 7.18. The summed E-state index contributed by atoms with van der Waals surface area (Å²) in [5.74, 6) is 1.45. The summed E-state index contributed by atoms with van der Waals surface area (Å²) in [6, 6.07) is 21.2. The van der Waals surface area contributed by atoms with Crippen molar-refractivity contribution in [2.24, 2.45) is 5.92 Å². The quantitative estimate of drug-likeness (QED) is 0.260. The van der Waals surface area contributed by atoms with Gasteiger partial charge in [-0.1, -0.05) is 60.2 Å². The summed E-state index contributed by atoms with van der Waals surface area (Å²) >= 11 is 0. The predicted molar refractivity (Wildman–Crippen MR) is 151 cm³/mol. The lowest BCUT2D eigenvalue weighted by Crippen LogP contribution is -2.38. The molecular weight excluding hydrogens is 458 g/mol. The first-order valence-corrected chi connectivity index (χ1v) is 13.1. The fraction of sp³-hybridized carbons (Fsp3) is 0.303. The maximum atomic E-state index is 13.3. The largest absolute Gasteiger partial charge is 0.496 e. The molecule has 1 amide bonds. The maximum Gasteiger partial charge on any atom is 0.246 e. The van der Waals surface area contributed by atoms with E-state index >= 15 is 0 Å². The first-order valence-electron chi connectivity index (χ1n) is 13.1. The molecule has 0 spiro atoms. The molecule has 4 nitrogen and oxygen atoms in total. The number of aryl methyl sites for hydroxylation is 2. The smallest absolute Gasteiger partial charge is 0.246 e. The molecule has 0 bridgehead atoms. The number of ether oxygens (including phenoxy) is 1. The van der Waals surface area contributed by atoms with Crippen molar-refractivity contribution in [2.75, 3.05) is 20.2 Å². The number of likely N-dealkylation sites (tertiary alicyclic amines) is 1. The number of furan rings is 1. The van der Waals surface area contributed by atoms with Crippen LogP contribution < -0.4 is 4.74 Å². The van der Waals surface area contributed by atoms with Gasteiger partial charge in [0.15, 0.2) is 0 Å². The van der Waals surface area contributed by atoms with Crippen molar-refractivity contribution < 1.29 is 13.9 Å². The number of benzene rings is 3. The van der Waals surface area contributed by atoms with E-state index in [-0.39, 0.29) is 5.91 Å². The maximum absolute atomic E-state index is 13.3. The zero-order valence-electron chi connectivity index (χ0n) is 22.2. The van der Waals surface area contributed by atoms with E-state index in [9.17, 15) is 4.79 Å². The van der Waals surface area contributed by atoms with Crippen LogP contribution in [0, 0.1) is 19.8 Å². The molecule has 0 saturated carbocycles. The van der Waals surface area contributed by atoms with E-state index in [1.165, 1.54) is 11.1 Å². The Morgan fingerprint density at radius 2 is 1.76 bits per heavy atom. The highest BCUT2D eigenvalue weighted by molar-refractivity contribution is 6.01. The standard InChI is InChI=1S/C33H35NO3/c1-22-10-12-27(13-11-22)30-21-37-33-24(3)32(36-4)28(20-29(30)33)23(2)18-31(35)34-16-14-26(15-17-34)19-25-8-6-5-7-9-25/h5-13,18,20-21,26H,14-17,19H2,1-4H3/b23-18+. The number of hydrogen-bond acceptors (Lipinski definition) is 3. The number of fused-ring (bicyclic) bond motifs is 1. The fourth-order valence-electron chi connectivity index (χ4n) is 5.49. The number of methoxy groups -OCH3 is 1. The molecule has 1 aromatic heterocycles. The lowest BCUT2D eigenvalue weighted by molar-refractivity contribution is -0.127. The van der Waals surface area contributed by atoms with Crippen LogP contribution >= 0.6 is 0 Å². The van der Waals surface area contributed by atoms with Crippen LogP contribution in [0.4, 0.5) is 0 Å². The van der Waals surface area contributed by atoms with E-state index in [1.807, 2.05) is 25.0 Å². The van der Waals surface area contributed by atoms with Crippen LogP contribution in [-0.4, -0.2) is 31.0 Å². The SMILES string of the molecule is COc1c(/C(C)=C/C(=O)N2CCC(Cc3ccccc3)CC2)cc2c(-c3ccc(C)cc3)coc2c1C. The van der Waals surface area contributed by atoms with Gasteiger partial charge in [-0.05, 0) is 68.7 Å². The molecule has 0 radical (unpaired) electrons. The second kappa shape index (κ2) is 10.7. The molecule has 0 N–H and O–H groups in total. The van der Waals surface area contributed by atoms with Crippen molar-refractivity contribution in [1.29, 1.82) is 0 Å². The van der Waals surface area contributed by atoms with Gasteiger partial charge in [-0.3, -0.25) is 4.79 Å². The molecule has 0 unspecified atom stereocenters. The van der Waals surface area contributed by atoms with Crippen LogP contribution in [-0.2, 0) is 11.2 Å². The Hall–Kier alpha value is -3.79. The number of nitrogens with zero attached hydrogens (tertiary/aromatic N) is 1. The van der Waals surface area contributed by atoms with Gasteiger partial charge in [0.2, 0.25) is 5.91 Å². The third-order valence-electron chi connectivity index (χ3n) is 7.67. The van der Waals surface area contributed by atoms with Gasteiger partial charge in [-0.15, -0.1) is 0 Å². The third-order valence-corrected chi connectivity index (χ3v) is 7.67. The van der Waals surface area contributed by atoms with Gasteiger partial charge >= 0.3 is 0 Å². The van der Waals surface area contributed by atoms with E-state index in [2.05, 4.69) is 67.6 Å². The number of hydrogen-bond donors (Lipinski definition) is 0. The van der Waals surface area contributed by atoms with Gasteiger partial charge in [0, 0.05) is 41.2 Å². The van der Waals surface area contributed by atoms with Crippen LogP contribution in [0.15, 0.2) is 77.4 Å². The van der Waals surface area contributed by atoms with Gasteiger partial charge in [-0.25, -0.2) is 0 Å². The normalized spacial score (nSPS) is 14.8. The zero-order valence-corrected chi connectivity index (χ0v) is 22.2. The molecule has 1 fully saturated rings. The molecule has 37 heavy (non-hydrogen) atoms. The Balaban J connectivity index is 1.37. The molecule has 4 heteroatoms. The molecule has 0 aliphatic carbocycles. The minimum atomic E-state index is 0.0708. The highest BCUT2D eigenvalue weighted by atomic mass is 16.5. The average Bonchev–Trinajstić information content (AvgIpc) is 3.34. The van der Waals surface area contributed by atoms with Crippen LogP contribution in [0.3, 0.4) is 0 Å². The van der Waals surface area contributed by atoms with Crippen LogP contribution in [0.2, 0.25) is 0 Å². The highest BCUT2D eigenvalue weighted by Crippen LogP contribution is 2.40. The summed E-state index contributed by atoms with van der Waals surface area (Å²) in [7, 11) is 1.67. The van der Waals surface area contributed by atoms with Gasteiger partial charge in [0.25, 0.3) is 0 Å². The van der Waals surface area contributed by atoms with Gasteiger partial charge < -0.3 is 14.1 Å². The minimum absolute atomic E-state index is 0.0708. The van der Waals surface area contributed by atoms with Gasteiger partial charge in [0.1, 0.15) is 11.3 Å². The fourth-order valence-corrected chi connectivity index (χ4v) is 5.49. The van der Waals surface area contributed by atoms with E-state index in [0.29, 0.717) is 5.92 Å². The Morgan fingerprint density at radius 3 is 2.43 bits per heavy atom. The number of rotatable bonds is 6. The second-order valence-corrected chi connectivity index (χ2v) is 10.3. The number of carbonyl (C=O) groups excluding carboxylic acids is 1. The first kappa shape index (κ1) is 24.9. The zero-order chi connectivity index (χ0) is 25.9. The second-order valence-electron chi connectivity index (χ2n) is 10.3. The van der Waals surface area contributed by atoms with Crippen molar-refractivity contribution in [3.05, 3.63) is 95.3 Å². The molecule has 190 valence electrons. The lowest BCUT2D eigenvalue weighted by Gasteiger charge is -2.31. The molecule has 2 heterocycles. The molecule has 0 atom stereocenters. The van der Waals surface area contributed by atoms with E-state index < -0.39 is 0 Å². The summed E-state index contributed by atoms with van der Waals surface area (Å²) in [5.41, 5.74) is 8.33. The molecular formula is C33H35NO3. The topological polar surface area (TPSA) is 42.7 Å². The van der Waals surface area contributed by atoms with Crippen molar-refractivity contribution >= 4 is 22.4 Å². The Bertz CT molecular complexity index is 1420. The average molecular weight is 494 g/mol. The summed E-state index contributed by atoms with van der Waals surface area (Å²) in [6.45, 7) is 7.69. The van der Waals surface area contributed by atoms with Crippen molar-refractivity contribution in [2.45, 2.75) is 40.0 Å². The molecule has 4 aromatic rings. The lowest BCUT2D eigenvalue weighted by atomic mass is 9.90. The van der Waals surface area contributed by atoms with Crippen molar-refractivity contribution in [3.63, 3.8) is 0 Å². The summed E-state index contributed by atoms with van der Waals surface area (Å²) in [6.07, 6.45) is 6.75. The highest BCUT2D eigenvalue weighted by Gasteiger charge is 2.23. The third kappa shape index (κ3) is 5.20. The Morgan fingerprint density at radius 1 is 1.05 bits per heavy atom. The predicted octanol–water partition coefficient (Wildman–Crippen LogP) is 7.61. The van der Waals surface area contributed by atoms with Gasteiger partial charge in [0.05, 0.1) is 13.4 Å². The molecule has 1 saturated heterocycles. The molecule has 5 rings (SSSR count). The molecule has 1 aliphatic rings. The van der Waals surface area contributed by atoms with Crippen LogP contribution in [0.1, 0.15) is 42.0 Å². The van der Waals surface area contributed by atoms with E-state index in [0.717, 1.165) is 76.9 Å². The number of allylic oxidation sites excluding steroid dienone is 1. The molecule has 3 aromatic carbocycles. The first-order chi connectivity index (χ1) is 17.9.